The third kappa shape index (κ3) is 10.2. The quantitative estimate of drug-likeness (QED) is 0.421. The Bertz CT molecular complexity index is 887. The van der Waals surface area contributed by atoms with Crippen molar-refractivity contribution in [1.82, 2.24) is 15.5 Å². The summed E-state index contributed by atoms with van der Waals surface area (Å²) < 4.78 is 5.35. The number of nitrogens with one attached hydrogen (secondary N) is 2. The Balaban J connectivity index is 1.86. The van der Waals surface area contributed by atoms with Gasteiger partial charge in [0.2, 0.25) is 11.8 Å². The first-order chi connectivity index (χ1) is 16.0. The highest BCUT2D eigenvalue weighted by molar-refractivity contribution is 5.86. The molecule has 4 N–H and O–H groups in total. The fraction of sp³-hybridized carbons (Fsp3) is 0.400. The molecule has 0 saturated heterocycles. The zero-order valence-electron chi connectivity index (χ0n) is 19.8. The maximum atomic E-state index is 12.6. The highest BCUT2D eigenvalue weighted by atomic mass is 16.6. The van der Waals surface area contributed by atoms with Crippen LogP contribution in [-0.2, 0) is 27.2 Å². The zero-order chi connectivity index (χ0) is 25.1. The highest BCUT2D eigenvalue weighted by Gasteiger charge is 2.25. The molecule has 0 unspecified atom stereocenters. The van der Waals surface area contributed by atoms with Crippen LogP contribution in [0.15, 0.2) is 48.5 Å². The van der Waals surface area contributed by atoms with Gasteiger partial charge in [0, 0.05) is 13.1 Å². The first-order valence-electron chi connectivity index (χ1n) is 11.1. The number of ether oxygens (including phenoxy) is 1. The molecule has 0 aliphatic heterocycles. The van der Waals surface area contributed by atoms with E-state index in [9.17, 15) is 24.6 Å². The second-order valence-electron chi connectivity index (χ2n) is 8.87. The van der Waals surface area contributed by atoms with Gasteiger partial charge in [-0.05, 0) is 69.0 Å². The minimum Gasteiger partial charge on any atom is -0.508 e. The first-order valence-corrected chi connectivity index (χ1v) is 11.1. The van der Waals surface area contributed by atoms with Crippen LogP contribution in [0.4, 0.5) is 4.79 Å². The lowest BCUT2D eigenvalue weighted by atomic mass is 10.1. The Kier molecular flexibility index (Phi) is 9.73. The Hall–Kier alpha value is -3.75. The number of rotatable bonds is 10. The molecule has 2 aromatic rings. The lowest BCUT2D eigenvalue weighted by molar-refractivity contribution is -0.125. The Morgan fingerprint density at radius 2 is 1.15 bits per heavy atom. The van der Waals surface area contributed by atoms with Gasteiger partial charge in [0.15, 0.2) is 0 Å². The van der Waals surface area contributed by atoms with Crippen molar-refractivity contribution in [2.45, 2.75) is 39.2 Å². The van der Waals surface area contributed by atoms with Crippen molar-refractivity contribution in [3.05, 3.63) is 59.7 Å². The average Bonchev–Trinajstić information content (AvgIpc) is 2.75. The first kappa shape index (κ1) is 26.5. The van der Waals surface area contributed by atoms with Crippen LogP contribution in [0, 0.1) is 0 Å². The van der Waals surface area contributed by atoms with Gasteiger partial charge in [0.1, 0.15) is 30.2 Å². The largest absolute Gasteiger partial charge is 0.508 e. The molecule has 3 amide bonds. The molecule has 0 radical (unpaired) electrons. The van der Waals surface area contributed by atoms with Gasteiger partial charge in [-0.3, -0.25) is 14.5 Å². The molecule has 0 saturated carbocycles. The van der Waals surface area contributed by atoms with Crippen LogP contribution in [0.5, 0.6) is 11.5 Å². The molecule has 9 heteroatoms. The maximum absolute atomic E-state index is 12.6. The van der Waals surface area contributed by atoms with E-state index in [0.29, 0.717) is 25.9 Å². The number of phenolic OH excluding ortho intramolecular Hbond substituents is 2. The van der Waals surface area contributed by atoms with Crippen LogP contribution in [0.25, 0.3) is 0 Å². The maximum Gasteiger partial charge on any atom is 0.411 e. The third-order valence-electron chi connectivity index (χ3n) is 4.66. The van der Waals surface area contributed by atoms with Crippen molar-refractivity contribution in [2.24, 2.45) is 0 Å². The SMILES string of the molecule is CC(C)(C)OC(=O)N(CC(=O)NCCc1ccc(O)cc1)CC(=O)NCCc1ccc(O)cc1. The molecule has 0 aliphatic rings. The summed E-state index contributed by atoms with van der Waals surface area (Å²) in [5.41, 5.74) is 1.10. The number of carbonyl (C=O) groups is 3. The van der Waals surface area contributed by atoms with Gasteiger partial charge in [-0.2, -0.15) is 0 Å². The fourth-order valence-corrected chi connectivity index (χ4v) is 2.99. The molecule has 2 rings (SSSR count). The predicted octanol–water partition coefficient (Wildman–Crippen LogP) is 2.35. The van der Waals surface area contributed by atoms with Crippen molar-refractivity contribution in [3.63, 3.8) is 0 Å². The molecular weight excluding hydrogens is 438 g/mol. The van der Waals surface area contributed by atoms with Crippen molar-refractivity contribution in [2.75, 3.05) is 26.2 Å². The molecule has 0 aliphatic carbocycles. The Morgan fingerprint density at radius 1 is 0.765 bits per heavy atom. The molecule has 0 fully saturated rings. The summed E-state index contributed by atoms with van der Waals surface area (Å²) in [6, 6.07) is 13.3. The van der Waals surface area contributed by atoms with Crippen LogP contribution in [0.3, 0.4) is 0 Å². The lowest BCUT2D eigenvalue weighted by Crippen LogP contribution is -2.47. The van der Waals surface area contributed by atoms with Crippen molar-refractivity contribution in [3.8, 4) is 11.5 Å². The van der Waals surface area contributed by atoms with E-state index in [1.807, 2.05) is 0 Å². The summed E-state index contributed by atoms with van der Waals surface area (Å²) in [6.07, 6.45) is 0.349. The minimum absolute atomic E-state index is 0.169. The normalized spacial score (nSPS) is 10.9. The molecule has 2 aromatic carbocycles. The monoisotopic (exact) mass is 471 g/mol. The number of amides is 3. The standard InChI is InChI=1S/C25H33N3O6/c1-25(2,3)34-24(33)28(16-22(31)26-14-12-18-4-8-20(29)9-5-18)17-23(32)27-15-13-19-6-10-21(30)11-7-19/h4-11,29-30H,12-17H2,1-3H3,(H,26,31)(H,27,32). The number of aromatic hydroxyl groups is 2. The summed E-state index contributed by atoms with van der Waals surface area (Å²) in [4.78, 5) is 38.5. The second-order valence-corrected chi connectivity index (χ2v) is 8.87. The number of phenols is 2. The molecule has 0 aromatic heterocycles. The number of hydrogen-bond donors (Lipinski definition) is 4. The molecule has 0 spiro atoms. The fourth-order valence-electron chi connectivity index (χ4n) is 2.99. The van der Waals surface area contributed by atoms with Crippen molar-refractivity contribution < 1.29 is 29.3 Å². The Labute approximate surface area is 199 Å². The number of carbonyl (C=O) groups excluding carboxylic acids is 3. The van der Waals surface area contributed by atoms with Crippen LogP contribution in [0.1, 0.15) is 31.9 Å². The number of hydrogen-bond acceptors (Lipinski definition) is 6. The van der Waals surface area contributed by atoms with Gasteiger partial charge in [0.05, 0.1) is 0 Å². The summed E-state index contributed by atoms with van der Waals surface area (Å²) in [5, 5.41) is 24.1. The van der Waals surface area contributed by atoms with Crippen molar-refractivity contribution in [1.29, 1.82) is 0 Å². The topological polar surface area (TPSA) is 128 Å². The summed E-state index contributed by atoms with van der Waals surface area (Å²) in [7, 11) is 0. The lowest BCUT2D eigenvalue weighted by Gasteiger charge is -2.26. The van der Waals surface area contributed by atoms with Gasteiger partial charge in [0.25, 0.3) is 0 Å². The molecular formula is C25H33N3O6. The van der Waals surface area contributed by atoms with Crippen LogP contribution in [-0.4, -0.2) is 64.8 Å². The molecule has 9 nitrogen and oxygen atoms in total. The van der Waals surface area contributed by atoms with E-state index >= 15 is 0 Å². The van der Waals surface area contributed by atoms with Crippen LogP contribution in [0.2, 0.25) is 0 Å². The van der Waals surface area contributed by atoms with E-state index in [-0.39, 0.29) is 24.6 Å². The Morgan fingerprint density at radius 3 is 1.50 bits per heavy atom. The van der Waals surface area contributed by atoms with Gasteiger partial charge in [-0.15, -0.1) is 0 Å². The molecule has 34 heavy (non-hydrogen) atoms. The summed E-state index contributed by atoms with van der Waals surface area (Å²) >= 11 is 0. The molecule has 0 heterocycles. The van der Waals surface area contributed by atoms with Gasteiger partial charge in [-0.1, -0.05) is 24.3 Å². The third-order valence-corrected chi connectivity index (χ3v) is 4.66. The summed E-state index contributed by atoms with van der Waals surface area (Å²) in [5.74, 6) is -0.493. The smallest absolute Gasteiger partial charge is 0.411 e. The average molecular weight is 472 g/mol. The van der Waals surface area contributed by atoms with Gasteiger partial charge < -0.3 is 25.6 Å². The second kappa shape index (κ2) is 12.5. The highest BCUT2D eigenvalue weighted by Crippen LogP contribution is 2.11. The molecule has 184 valence electrons. The number of benzene rings is 2. The zero-order valence-corrected chi connectivity index (χ0v) is 19.8. The van der Waals surface area contributed by atoms with E-state index in [0.717, 1.165) is 16.0 Å². The number of nitrogens with zero attached hydrogens (tertiary/aromatic N) is 1. The van der Waals surface area contributed by atoms with E-state index in [4.69, 9.17) is 4.74 Å². The predicted molar refractivity (Wildman–Crippen MR) is 127 cm³/mol. The van der Waals surface area contributed by atoms with E-state index in [1.165, 1.54) is 0 Å². The van der Waals surface area contributed by atoms with Crippen LogP contribution < -0.4 is 10.6 Å². The van der Waals surface area contributed by atoms with E-state index in [2.05, 4.69) is 10.6 Å². The molecule has 0 atom stereocenters. The van der Waals surface area contributed by atoms with E-state index < -0.39 is 23.5 Å². The van der Waals surface area contributed by atoms with Gasteiger partial charge in [-0.25, -0.2) is 4.79 Å². The summed E-state index contributed by atoms with van der Waals surface area (Å²) in [6.45, 7) is 5.15. The minimum atomic E-state index is -0.778. The van der Waals surface area contributed by atoms with Crippen molar-refractivity contribution >= 4 is 17.9 Å². The molecule has 0 bridgehead atoms. The van der Waals surface area contributed by atoms with E-state index in [1.54, 1.807) is 69.3 Å². The van der Waals surface area contributed by atoms with Crippen LogP contribution >= 0.6 is 0 Å². The van der Waals surface area contributed by atoms with Gasteiger partial charge >= 0.3 is 6.09 Å².